The predicted molar refractivity (Wildman–Crippen MR) is 63.7 cm³/mol. The van der Waals surface area contributed by atoms with Crippen LogP contribution in [0, 0.1) is 5.92 Å². The van der Waals surface area contributed by atoms with Crippen molar-refractivity contribution in [3.05, 3.63) is 11.6 Å². The Morgan fingerprint density at radius 2 is 1.93 bits per heavy atom. The van der Waals surface area contributed by atoms with E-state index < -0.39 is 0 Å². The molecule has 0 aliphatic heterocycles. The summed E-state index contributed by atoms with van der Waals surface area (Å²) in [4.78, 5) is 0. The maximum absolute atomic E-state index is 6.04. The first kappa shape index (κ1) is 11.8. The van der Waals surface area contributed by atoms with E-state index in [9.17, 15) is 0 Å². The molecule has 0 radical (unpaired) electrons. The third-order valence-electron chi connectivity index (χ3n) is 2.55. The lowest BCUT2D eigenvalue weighted by Gasteiger charge is -2.19. The molecule has 82 valence electrons. The average Bonchev–Trinajstić information content (AvgIpc) is 1.96. The first-order chi connectivity index (χ1) is 6.59. The van der Waals surface area contributed by atoms with Gasteiger partial charge in [-0.1, -0.05) is 25.4 Å². The van der Waals surface area contributed by atoms with Gasteiger partial charge in [-0.2, -0.15) is 0 Å². The molecule has 0 aliphatic carbocycles. The maximum atomic E-state index is 6.04. The minimum Gasteiger partial charge on any atom is -0.328 e. The van der Waals surface area contributed by atoms with E-state index in [0.717, 1.165) is 18.8 Å². The molecule has 0 aliphatic rings. The van der Waals surface area contributed by atoms with Crippen LogP contribution < -0.4 is 5.73 Å². The second-order valence-corrected chi connectivity index (χ2v) is 5.47. The molecule has 3 heteroatoms. The van der Waals surface area contributed by atoms with Gasteiger partial charge in [0.2, 0.25) is 0 Å². The lowest BCUT2D eigenvalue weighted by atomic mass is 9.99. The molecule has 0 saturated carbocycles. The molecule has 0 spiro atoms. The summed E-state index contributed by atoms with van der Waals surface area (Å²) in [5.74, 6) is 0.721. The van der Waals surface area contributed by atoms with Crippen LogP contribution in [0.4, 0.5) is 0 Å². The Balaban J connectivity index is 2.15. The summed E-state index contributed by atoms with van der Waals surface area (Å²) >= 11 is 1.79. The zero-order valence-electron chi connectivity index (χ0n) is 9.44. The monoisotopic (exact) mass is 214 g/mol. The van der Waals surface area contributed by atoms with Crippen LogP contribution in [0.3, 0.4) is 0 Å². The van der Waals surface area contributed by atoms with Crippen LogP contribution in [0.25, 0.3) is 0 Å². The van der Waals surface area contributed by atoms with Gasteiger partial charge < -0.3 is 9.69 Å². The van der Waals surface area contributed by atoms with Crippen molar-refractivity contribution in [3.8, 4) is 0 Å². The predicted octanol–water partition coefficient (Wildman–Crippen LogP) is 3.26. The van der Waals surface area contributed by atoms with Crippen LogP contribution in [-0.4, -0.2) is 10.00 Å². The van der Waals surface area contributed by atoms with Crippen LogP contribution in [0.5, 0.6) is 0 Å². The molecule has 1 aromatic rings. The van der Waals surface area contributed by atoms with Gasteiger partial charge in [0.1, 0.15) is 0 Å². The van der Waals surface area contributed by atoms with Crippen molar-refractivity contribution in [1.29, 1.82) is 0 Å². The van der Waals surface area contributed by atoms with E-state index in [-0.39, 0.29) is 0 Å². The van der Waals surface area contributed by atoms with Gasteiger partial charge in [-0.15, -0.1) is 0 Å². The molecule has 2 atom stereocenters. The van der Waals surface area contributed by atoms with Gasteiger partial charge >= 0.3 is 0 Å². The van der Waals surface area contributed by atoms with Crippen molar-refractivity contribution in [2.45, 2.75) is 52.1 Å². The molecule has 1 heterocycles. The van der Waals surface area contributed by atoms with E-state index >= 15 is 0 Å². The zero-order valence-corrected chi connectivity index (χ0v) is 10.3. The Bertz CT molecular complexity index is 230. The summed E-state index contributed by atoms with van der Waals surface area (Å²) in [6.45, 7) is 6.73. The Hall–Kier alpha value is -0.280. The third-order valence-corrected chi connectivity index (χ3v) is 3.52. The Morgan fingerprint density at radius 3 is 2.36 bits per heavy atom. The molecule has 1 aromatic heterocycles. The van der Waals surface area contributed by atoms with Gasteiger partial charge in [-0.05, 0) is 32.1 Å². The standard InChI is InChI=1S/C11H22N2S/c1-9(2)8-11(12)5-4-10(3)13-6-7-14-13/h6-7,9-11H,4-5,8,12H2,1-3H3/t10-,11?/m1/s1. The summed E-state index contributed by atoms with van der Waals surface area (Å²) in [6.07, 6.45) is 5.63. The molecule has 2 nitrogen and oxygen atoms in total. The third kappa shape index (κ3) is 3.84. The number of aromatic nitrogens is 1. The zero-order chi connectivity index (χ0) is 10.6. The lowest BCUT2D eigenvalue weighted by Crippen LogP contribution is -2.23. The number of nitrogens with zero attached hydrogens (tertiary/aromatic N) is 1. The number of rotatable bonds is 6. The molecular formula is C11H22N2S. The van der Waals surface area contributed by atoms with E-state index in [4.69, 9.17) is 5.73 Å². The van der Waals surface area contributed by atoms with Gasteiger partial charge in [-0.3, -0.25) is 0 Å². The number of hydrogen-bond acceptors (Lipinski definition) is 2. The summed E-state index contributed by atoms with van der Waals surface area (Å²) in [6, 6.07) is 1.01. The van der Waals surface area contributed by atoms with E-state index in [0.29, 0.717) is 12.1 Å². The molecular weight excluding hydrogens is 192 g/mol. The van der Waals surface area contributed by atoms with Crippen LogP contribution in [0.1, 0.15) is 46.1 Å². The highest BCUT2D eigenvalue weighted by molar-refractivity contribution is 7.05. The Morgan fingerprint density at radius 1 is 1.29 bits per heavy atom. The van der Waals surface area contributed by atoms with Crippen molar-refractivity contribution < 1.29 is 0 Å². The molecule has 0 amide bonds. The van der Waals surface area contributed by atoms with E-state index in [2.05, 4.69) is 36.3 Å². The highest BCUT2D eigenvalue weighted by Gasteiger charge is 2.09. The first-order valence-corrected chi connectivity index (χ1v) is 6.30. The largest absolute Gasteiger partial charge is 0.328 e. The Kier molecular flexibility index (Phi) is 4.69. The second-order valence-electron chi connectivity index (χ2n) is 4.57. The van der Waals surface area contributed by atoms with E-state index in [1.807, 2.05) is 0 Å². The van der Waals surface area contributed by atoms with Crippen LogP contribution in [0.15, 0.2) is 11.6 Å². The topological polar surface area (TPSA) is 30.9 Å². The molecule has 0 aromatic carbocycles. The molecule has 0 fully saturated rings. The van der Waals surface area contributed by atoms with Gasteiger partial charge in [0, 0.05) is 23.7 Å². The van der Waals surface area contributed by atoms with Crippen molar-refractivity contribution in [2.24, 2.45) is 11.7 Å². The average molecular weight is 214 g/mol. The van der Waals surface area contributed by atoms with Gasteiger partial charge in [0.15, 0.2) is 0 Å². The summed E-state index contributed by atoms with van der Waals surface area (Å²) < 4.78 is 2.29. The van der Waals surface area contributed by atoms with Crippen molar-refractivity contribution in [1.82, 2.24) is 3.96 Å². The highest BCUT2D eigenvalue weighted by atomic mass is 32.1. The minimum atomic E-state index is 0.382. The number of hydrogen-bond donors (Lipinski definition) is 1. The summed E-state index contributed by atoms with van der Waals surface area (Å²) in [5, 5.41) is 2.12. The molecule has 0 bridgehead atoms. The fraction of sp³-hybridized carbons (Fsp3) is 0.818. The summed E-state index contributed by atoms with van der Waals surface area (Å²) in [7, 11) is 0. The first-order valence-electron chi connectivity index (χ1n) is 5.47. The Labute approximate surface area is 91.3 Å². The van der Waals surface area contributed by atoms with Crippen LogP contribution in [-0.2, 0) is 0 Å². The van der Waals surface area contributed by atoms with Crippen molar-refractivity contribution in [3.63, 3.8) is 0 Å². The molecule has 1 unspecified atom stereocenters. The van der Waals surface area contributed by atoms with E-state index in [1.165, 1.54) is 6.42 Å². The van der Waals surface area contributed by atoms with Crippen LogP contribution in [0.2, 0.25) is 0 Å². The highest BCUT2D eigenvalue weighted by Crippen LogP contribution is 2.19. The molecule has 2 N–H and O–H groups in total. The molecule has 1 rings (SSSR count). The fourth-order valence-electron chi connectivity index (χ4n) is 1.69. The second kappa shape index (κ2) is 5.56. The fourth-order valence-corrected chi connectivity index (χ4v) is 2.26. The van der Waals surface area contributed by atoms with Gasteiger partial charge in [-0.25, -0.2) is 0 Å². The quantitative estimate of drug-likeness (QED) is 0.774. The maximum Gasteiger partial charge on any atom is 0.0411 e. The van der Waals surface area contributed by atoms with Gasteiger partial charge in [0.05, 0.1) is 0 Å². The SMILES string of the molecule is CC(C)CC(N)CC[C@@H](C)n1ccs1. The molecule has 0 saturated heterocycles. The normalized spacial score (nSPS) is 16.1. The van der Waals surface area contributed by atoms with Gasteiger partial charge in [0.25, 0.3) is 0 Å². The summed E-state index contributed by atoms with van der Waals surface area (Å²) in [5.41, 5.74) is 6.04. The van der Waals surface area contributed by atoms with E-state index in [1.54, 1.807) is 11.5 Å². The molecule has 14 heavy (non-hydrogen) atoms. The number of nitrogens with two attached hydrogens (primary N) is 1. The lowest BCUT2D eigenvalue weighted by molar-refractivity contribution is 0.422. The van der Waals surface area contributed by atoms with Crippen molar-refractivity contribution in [2.75, 3.05) is 0 Å². The van der Waals surface area contributed by atoms with Crippen LogP contribution >= 0.6 is 11.5 Å². The smallest absolute Gasteiger partial charge is 0.0411 e. The van der Waals surface area contributed by atoms with Crippen molar-refractivity contribution >= 4 is 11.5 Å². The minimum absolute atomic E-state index is 0.382.